The Kier molecular flexibility index (Phi) is 3.49. The minimum absolute atomic E-state index is 0.583. The lowest BCUT2D eigenvalue weighted by atomic mass is 10.1. The van der Waals surface area contributed by atoms with Crippen LogP contribution in [0.1, 0.15) is 25.5 Å². The molecule has 1 aliphatic heterocycles. The van der Waals surface area contributed by atoms with Gasteiger partial charge in [-0.15, -0.1) is 0 Å². The number of hydrogen-bond acceptors (Lipinski definition) is 3. The molecule has 1 aromatic rings. The molecule has 1 aromatic heterocycles. The summed E-state index contributed by atoms with van der Waals surface area (Å²) in [5.74, 6) is 1.09. The molecule has 0 saturated carbocycles. The minimum atomic E-state index is 0.583. The van der Waals surface area contributed by atoms with Gasteiger partial charge in [-0.1, -0.05) is 6.92 Å². The fraction of sp³-hybridized carbons (Fsp3) is 0.750. The molecule has 1 aliphatic rings. The summed E-state index contributed by atoms with van der Waals surface area (Å²) >= 11 is 0. The van der Waals surface area contributed by atoms with Gasteiger partial charge in [0.15, 0.2) is 0 Å². The first-order valence-electron chi connectivity index (χ1n) is 6.18. The van der Waals surface area contributed by atoms with E-state index in [4.69, 9.17) is 0 Å². The largest absolute Gasteiger partial charge is 0.341 e. The molecule has 1 atom stereocenters. The molecule has 1 unspecified atom stereocenters. The number of anilines is 1. The van der Waals surface area contributed by atoms with Gasteiger partial charge in [0.2, 0.25) is 5.95 Å². The Hall–Kier alpha value is -1.03. The number of hydrogen-bond donors (Lipinski definition) is 1. The molecule has 16 heavy (non-hydrogen) atoms. The summed E-state index contributed by atoms with van der Waals surface area (Å²) < 4.78 is 2.13. The number of imidazole rings is 1. The Morgan fingerprint density at radius 3 is 3.00 bits per heavy atom. The minimum Gasteiger partial charge on any atom is -0.341 e. The molecule has 4 heteroatoms. The third-order valence-electron chi connectivity index (χ3n) is 3.40. The van der Waals surface area contributed by atoms with Crippen LogP contribution in [0.15, 0.2) is 6.20 Å². The number of nitrogens with one attached hydrogen (secondary N) is 1. The van der Waals surface area contributed by atoms with Crippen LogP contribution in [0.5, 0.6) is 0 Å². The van der Waals surface area contributed by atoms with Crippen LogP contribution in [0.3, 0.4) is 0 Å². The lowest BCUT2D eigenvalue weighted by Crippen LogP contribution is -2.45. The van der Waals surface area contributed by atoms with Gasteiger partial charge in [0.1, 0.15) is 0 Å². The molecule has 90 valence electrons. The lowest BCUT2D eigenvalue weighted by Gasteiger charge is -2.32. The Labute approximate surface area is 97.7 Å². The summed E-state index contributed by atoms with van der Waals surface area (Å²) in [4.78, 5) is 6.98. The van der Waals surface area contributed by atoms with E-state index in [0.717, 1.165) is 25.5 Å². The predicted octanol–water partition coefficient (Wildman–Crippen LogP) is 1.17. The summed E-state index contributed by atoms with van der Waals surface area (Å²) in [6.07, 6.45) is 5.66. The third kappa shape index (κ3) is 2.21. The van der Waals surface area contributed by atoms with Gasteiger partial charge in [-0.2, -0.15) is 0 Å². The van der Waals surface area contributed by atoms with Crippen LogP contribution in [0.4, 0.5) is 5.95 Å². The maximum atomic E-state index is 4.66. The molecule has 0 aromatic carbocycles. The van der Waals surface area contributed by atoms with E-state index in [-0.39, 0.29) is 0 Å². The highest BCUT2D eigenvalue weighted by Gasteiger charge is 2.20. The molecule has 1 N–H and O–H groups in total. The number of nitrogens with zero attached hydrogens (tertiary/aromatic N) is 3. The zero-order valence-electron chi connectivity index (χ0n) is 10.5. The van der Waals surface area contributed by atoms with Crippen molar-refractivity contribution in [3.63, 3.8) is 0 Å². The van der Waals surface area contributed by atoms with Crippen molar-refractivity contribution < 1.29 is 0 Å². The first-order chi connectivity index (χ1) is 7.72. The van der Waals surface area contributed by atoms with Crippen LogP contribution in [0.2, 0.25) is 0 Å². The summed E-state index contributed by atoms with van der Waals surface area (Å²) in [6, 6.07) is 0.583. The van der Waals surface area contributed by atoms with Crippen LogP contribution < -0.4 is 10.2 Å². The van der Waals surface area contributed by atoms with Crippen molar-refractivity contribution in [2.24, 2.45) is 7.05 Å². The van der Waals surface area contributed by atoms with E-state index in [9.17, 15) is 0 Å². The first kappa shape index (κ1) is 11.5. The summed E-state index contributed by atoms with van der Waals surface area (Å²) in [7, 11) is 4.23. The Balaban J connectivity index is 2.12. The van der Waals surface area contributed by atoms with Crippen LogP contribution >= 0.6 is 0 Å². The van der Waals surface area contributed by atoms with E-state index in [2.05, 4.69) is 47.0 Å². The SMILES string of the molecule is CCc1cn(C)c(N(C)C2CCCNC2)n1. The van der Waals surface area contributed by atoms with Crippen LogP contribution in [-0.2, 0) is 13.5 Å². The molecule has 0 radical (unpaired) electrons. The monoisotopic (exact) mass is 222 g/mol. The molecule has 2 rings (SSSR count). The fourth-order valence-corrected chi connectivity index (χ4v) is 2.34. The number of aromatic nitrogens is 2. The van der Waals surface area contributed by atoms with Gasteiger partial charge in [0.25, 0.3) is 0 Å². The third-order valence-corrected chi connectivity index (χ3v) is 3.40. The maximum Gasteiger partial charge on any atom is 0.205 e. The zero-order chi connectivity index (χ0) is 11.5. The van der Waals surface area contributed by atoms with Gasteiger partial charge in [0.05, 0.1) is 5.69 Å². The molecule has 0 bridgehead atoms. The van der Waals surface area contributed by atoms with Crippen LogP contribution in [0.25, 0.3) is 0 Å². The molecule has 1 fully saturated rings. The number of aryl methyl sites for hydroxylation is 2. The maximum absolute atomic E-state index is 4.66. The predicted molar refractivity (Wildman–Crippen MR) is 66.9 cm³/mol. The van der Waals surface area contributed by atoms with Gasteiger partial charge >= 0.3 is 0 Å². The Bertz CT molecular complexity index is 339. The van der Waals surface area contributed by atoms with Crippen molar-refractivity contribution in [2.45, 2.75) is 32.2 Å². The van der Waals surface area contributed by atoms with E-state index in [1.165, 1.54) is 18.5 Å². The molecule has 0 amide bonds. The van der Waals surface area contributed by atoms with E-state index in [1.54, 1.807) is 0 Å². The average molecular weight is 222 g/mol. The second-order valence-electron chi connectivity index (χ2n) is 4.61. The second kappa shape index (κ2) is 4.87. The number of rotatable bonds is 3. The number of likely N-dealkylation sites (N-methyl/N-ethyl adjacent to an activating group) is 1. The molecule has 2 heterocycles. The van der Waals surface area contributed by atoms with Gasteiger partial charge in [-0.3, -0.25) is 0 Å². The summed E-state index contributed by atoms with van der Waals surface area (Å²) in [6.45, 7) is 4.38. The Morgan fingerprint density at radius 1 is 1.62 bits per heavy atom. The van der Waals surface area contributed by atoms with Crippen molar-refractivity contribution in [3.8, 4) is 0 Å². The smallest absolute Gasteiger partial charge is 0.205 e. The first-order valence-corrected chi connectivity index (χ1v) is 6.18. The zero-order valence-corrected chi connectivity index (χ0v) is 10.5. The molecular formula is C12H22N4. The summed E-state index contributed by atoms with van der Waals surface area (Å²) in [5, 5.41) is 3.45. The fourth-order valence-electron chi connectivity index (χ4n) is 2.34. The van der Waals surface area contributed by atoms with E-state index >= 15 is 0 Å². The molecule has 0 aliphatic carbocycles. The average Bonchev–Trinajstić information content (AvgIpc) is 2.71. The lowest BCUT2D eigenvalue weighted by molar-refractivity contribution is 0.439. The van der Waals surface area contributed by atoms with E-state index in [0.29, 0.717) is 6.04 Å². The van der Waals surface area contributed by atoms with Crippen molar-refractivity contribution in [1.82, 2.24) is 14.9 Å². The number of piperidine rings is 1. The molecule has 1 saturated heterocycles. The van der Waals surface area contributed by atoms with Gasteiger partial charge in [-0.25, -0.2) is 4.98 Å². The summed E-state index contributed by atoms with van der Waals surface area (Å²) in [5.41, 5.74) is 1.17. The van der Waals surface area contributed by atoms with E-state index < -0.39 is 0 Å². The van der Waals surface area contributed by atoms with Crippen molar-refractivity contribution in [2.75, 3.05) is 25.0 Å². The Morgan fingerprint density at radius 2 is 2.44 bits per heavy atom. The molecule has 4 nitrogen and oxygen atoms in total. The van der Waals surface area contributed by atoms with E-state index in [1.807, 2.05) is 0 Å². The quantitative estimate of drug-likeness (QED) is 0.833. The normalized spacial score (nSPS) is 21.1. The van der Waals surface area contributed by atoms with Crippen LogP contribution in [-0.4, -0.2) is 35.7 Å². The highest BCUT2D eigenvalue weighted by Crippen LogP contribution is 2.18. The van der Waals surface area contributed by atoms with Crippen molar-refractivity contribution in [1.29, 1.82) is 0 Å². The highest BCUT2D eigenvalue weighted by molar-refractivity contribution is 5.34. The van der Waals surface area contributed by atoms with Gasteiger partial charge in [0, 0.05) is 32.9 Å². The van der Waals surface area contributed by atoms with Gasteiger partial charge in [-0.05, 0) is 25.8 Å². The topological polar surface area (TPSA) is 33.1 Å². The van der Waals surface area contributed by atoms with Crippen LogP contribution in [0, 0.1) is 0 Å². The van der Waals surface area contributed by atoms with Crippen molar-refractivity contribution >= 4 is 5.95 Å². The van der Waals surface area contributed by atoms with Gasteiger partial charge < -0.3 is 14.8 Å². The standard InChI is InChI=1S/C12H22N4/c1-4-10-9-15(2)12(14-10)16(3)11-6-5-7-13-8-11/h9,11,13H,4-8H2,1-3H3. The molecular weight excluding hydrogens is 200 g/mol. The van der Waals surface area contributed by atoms with Crippen molar-refractivity contribution in [3.05, 3.63) is 11.9 Å². The highest BCUT2D eigenvalue weighted by atomic mass is 15.3. The second-order valence-corrected chi connectivity index (χ2v) is 4.61. The molecule has 0 spiro atoms.